The first-order valence-corrected chi connectivity index (χ1v) is 9.01. The molecule has 7 heteroatoms. The van der Waals surface area contributed by atoms with Gasteiger partial charge in [-0.2, -0.15) is 0 Å². The number of amides is 3. The smallest absolute Gasteiger partial charge is 0.240 e. The second-order valence-corrected chi connectivity index (χ2v) is 7.06. The van der Waals surface area contributed by atoms with Gasteiger partial charge in [-0.25, -0.2) is 0 Å². The fraction of sp³-hybridized carbons (Fsp3) is 0.824. The van der Waals surface area contributed by atoms with Gasteiger partial charge in [0.25, 0.3) is 0 Å². The maximum atomic E-state index is 12.4. The molecule has 0 bridgehead atoms. The van der Waals surface area contributed by atoms with Crippen molar-refractivity contribution in [1.82, 2.24) is 15.1 Å². The van der Waals surface area contributed by atoms with Gasteiger partial charge >= 0.3 is 0 Å². The Morgan fingerprint density at radius 2 is 1.75 bits per heavy atom. The predicted molar refractivity (Wildman–Crippen MR) is 87.0 cm³/mol. The van der Waals surface area contributed by atoms with Gasteiger partial charge in [0.2, 0.25) is 17.7 Å². The summed E-state index contributed by atoms with van der Waals surface area (Å²) in [7, 11) is 0. The fourth-order valence-electron chi connectivity index (χ4n) is 4.00. The molecule has 0 aromatic rings. The molecule has 3 fully saturated rings. The zero-order valence-electron chi connectivity index (χ0n) is 14.3. The maximum absolute atomic E-state index is 12.4. The van der Waals surface area contributed by atoms with Crippen LogP contribution in [0.1, 0.15) is 32.6 Å². The summed E-state index contributed by atoms with van der Waals surface area (Å²) in [5, 5.41) is 2.86. The van der Waals surface area contributed by atoms with Crippen molar-refractivity contribution in [2.75, 3.05) is 39.4 Å². The average Bonchev–Trinajstić information content (AvgIpc) is 2.86. The number of imide groups is 1. The number of hydrogen-bond acceptors (Lipinski definition) is 5. The third kappa shape index (κ3) is 3.62. The number of carbonyl (C=O) groups is 3. The van der Waals surface area contributed by atoms with E-state index >= 15 is 0 Å². The zero-order chi connectivity index (χ0) is 17.1. The van der Waals surface area contributed by atoms with Gasteiger partial charge in [-0.3, -0.25) is 24.2 Å². The van der Waals surface area contributed by atoms with Crippen LogP contribution in [0.15, 0.2) is 0 Å². The SMILES string of the molecule is C[C@H](CNC(=O)CN1C(=O)[C@@H]2CCCC[C@H]2C1=O)N1CCOCC1. The number of fused-ring (bicyclic) bond motifs is 1. The minimum Gasteiger partial charge on any atom is -0.379 e. The lowest BCUT2D eigenvalue weighted by atomic mass is 9.81. The number of nitrogens with one attached hydrogen (secondary N) is 1. The van der Waals surface area contributed by atoms with Crippen molar-refractivity contribution in [3.63, 3.8) is 0 Å². The third-order valence-electron chi connectivity index (χ3n) is 5.50. The number of hydrogen-bond donors (Lipinski definition) is 1. The Balaban J connectivity index is 1.47. The standard InChI is InChI=1S/C17H27N3O4/c1-12(19-6-8-24-9-7-19)10-18-15(21)11-20-16(22)13-4-2-3-5-14(13)17(20)23/h12-14H,2-11H2,1H3,(H,18,21)/t12-,13-,14-/m1/s1. The van der Waals surface area contributed by atoms with E-state index in [1.165, 1.54) is 4.90 Å². The first-order valence-electron chi connectivity index (χ1n) is 9.01. The van der Waals surface area contributed by atoms with Gasteiger partial charge in [-0.15, -0.1) is 0 Å². The third-order valence-corrected chi connectivity index (χ3v) is 5.50. The Hall–Kier alpha value is -1.47. The van der Waals surface area contributed by atoms with E-state index in [-0.39, 0.29) is 42.1 Å². The number of ether oxygens (including phenoxy) is 1. The Morgan fingerprint density at radius 1 is 1.17 bits per heavy atom. The minimum atomic E-state index is -0.254. The summed E-state index contributed by atoms with van der Waals surface area (Å²) in [6.07, 6.45) is 3.55. The fourth-order valence-corrected chi connectivity index (χ4v) is 4.00. The average molecular weight is 337 g/mol. The van der Waals surface area contributed by atoms with Crippen molar-refractivity contribution in [2.45, 2.75) is 38.6 Å². The Bertz CT molecular complexity index is 480. The lowest BCUT2D eigenvalue weighted by molar-refractivity contribution is -0.143. The van der Waals surface area contributed by atoms with Crippen molar-refractivity contribution in [2.24, 2.45) is 11.8 Å². The highest BCUT2D eigenvalue weighted by molar-refractivity contribution is 6.07. The van der Waals surface area contributed by atoms with Crippen molar-refractivity contribution in [3.05, 3.63) is 0 Å². The first kappa shape index (κ1) is 17.4. The number of morpholine rings is 1. The zero-order valence-corrected chi connectivity index (χ0v) is 14.3. The van der Waals surface area contributed by atoms with Gasteiger partial charge in [0.1, 0.15) is 6.54 Å². The highest BCUT2D eigenvalue weighted by Gasteiger charge is 2.48. The highest BCUT2D eigenvalue weighted by atomic mass is 16.5. The number of carbonyl (C=O) groups excluding carboxylic acids is 3. The van der Waals surface area contributed by atoms with Crippen LogP contribution >= 0.6 is 0 Å². The van der Waals surface area contributed by atoms with Crippen molar-refractivity contribution in [3.8, 4) is 0 Å². The molecule has 2 heterocycles. The van der Waals surface area contributed by atoms with Crippen LogP contribution < -0.4 is 5.32 Å². The highest BCUT2D eigenvalue weighted by Crippen LogP contribution is 2.37. The van der Waals surface area contributed by atoms with Gasteiger partial charge in [-0.05, 0) is 19.8 Å². The molecule has 24 heavy (non-hydrogen) atoms. The Morgan fingerprint density at radius 3 is 2.33 bits per heavy atom. The monoisotopic (exact) mass is 337 g/mol. The summed E-state index contributed by atoms with van der Waals surface area (Å²) in [6.45, 7) is 5.61. The van der Waals surface area contributed by atoms with E-state index in [0.717, 1.165) is 52.0 Å². The molecule has 0 radical (unpaired) electrons. The van der Waals surface area contributed by atoms with E-state index in [1.54, 1.807) is 0 Å². The molecule has 2 aliphatic heterocycles. The van der Waals surface area contributed by atoms with Crippen LogP contribution in [0.3, 0.4) is 0 Å². The molecule has 0 unspecified atom stereocenters. The van der Waals surface area contributed by atoms with Crippen molar-refractivity contribution in [1.29, 1.82) is 0 Å². The summed E-state index contributed by atoms with van der Waals surface area (Å²) >= 11 is 0. The van der Waals surface area contributed by atoms with E-state index in [1.807, 2.05) is 0 Å². The summed E-state index contributed by atoms with van der Waals surface area (Å²) < 4.78 is 5.32. The van der Waals surface area contributed by atoms with E-state index in [9.17, 15) is 14.4 Å². The van der Waals surface area contributed by atoms with Crippen LogP contribution in [0.4, 0.5) is 0 Å². The van der Waals surface area contributed by atoms with Crippen LogP contribution in [0.25, 0.3) is 0 Å². The summed E-state index contributed by atoms with van der Waals surface area (Å²) in [5.41, 5.74) is 0. The normalized spacial score (nSPS) is 29.5. The lowest BCUT2D eigenvalue weighted by Crippen LogP contribution is -2.49. The molecule has 1 N–H and O–H groups in total. The van der Waals surface area contributed by atoms with Crippen molar-refractivity contribution < 1.29 is 19.1 Å². The molecule has 7 nitrogen and oxygen atoms in total. The van der Waals surface area contributed by atoms with E-state index < -0.39 is 0 Å². The topological polar surface area (TPSA) is 79.0 Å². The molecule has 0 aromatic heterocycles. The quantitative estimate of drug-likeness (QED) is 0.715. The van der Waals surface area contributed by atoms with Crippen LogP contribution in [0.2, 0.25) is 0 Å². The second kappa shape index (κ2) is 7.61. The minimum absolute atomic E-state index is 0.138. The van der Waals surface area contributed by atoms with Gasteiger partial charge in [0.05, 0.1) is 25.0 Å². The Kier molecular flexibility index (Phi) is 5.50. The van der Waals surface area contributed by atoms with Gasteiger partial charge in [-0.1, -0.05) is 12.8 Å². The lowest BCUT2D eigenvalue weighted by Gasteiger charge is -2.32. The van der Waals surface area contributed by atoms with E-state index in [0.29, 0.717) is 6.54 Å². The predicted octanol–water partition coefficient (Wildman–Crippen LogP) is -0.00150. The first-order chi connectivity index (χ1) is 11.6. The van der Waals surface area contributed by atoms with Crippen LogP contribution in [0.5, 0.6) is 0 Å². The van der Waals surface area contributed by atoms with Gasteiger partial charge in [0, 0.05) is 25.7 Å². The van der Waals surface area contributed by atoms with Crippen LogP contribution in [-0.4, -0.2) is 73.0 Å². The molecule has 2 saturated heterocycles. The summed E-state index contributed by atoms with van der Waals surface area (Å²) in [6, 6.07) is 0.213. The molecule has 1 aliphatic carbocycles. The van der Waals surface area contributed by atoms with Crippen LogP contribution in [0, 0.1) is 11.8 Å². The molecule has 3 amide bonds. The largest absolute Gasteiger partial charge is 0.379 e. The summed E-state index contributed by atoms with van der Waals surface area (Å²) in [4.78, 5) is 40.4. The Labute approximate surface area is 142 Å². The molecule has 0 spiro atoms. The summed E-state index contributed by atoms with van der Waals surface area (Å²) in [5.74, 6) is -0.935. The maximum Gasteiger partial charge on any atom is 0.240 e. The molecule has 1 saturated carbocycles. The van der Waals surface area contributed by atoms with E-state index in [2.05, 4.69) is 17.1 Å². The molecule has 134 valence electrons. The van der Waals surface area contributed by atoms with Crippen LogP contribution in [-0.2, 0) is 19.1 Å². The molecular formula is C17H27N3O4. The number of nitrogens with zero attached hydrogens (tertiary/aromatic N) is 2. The van der Waals surface area contributed by atoms with E-state index in [4.69, 9.17) is 4.74 Å². The number of rotatable bonds is 5. The molecular weight excluding hydrogens is 310 g/mol. The van der Waals surface area contributed by atoms with Gasteiger partial charge < -0.3 is 10.1 Å². The molecule has 0 aromatic carbocycles. The molecule has 3 aliphatic rings. The number of likely N-dealkylation sites (tertiary alicyclic amines) is 1. The molecule has 3 rings (SSSR count). The van der Waals surface area contributed by atoms with Gasteiger partial charge in [0.15, 0.2) is 0 Å². The van der Waals surface area contributed by atoms with Crippen molar-refractivity contribution >= 4 is 17.7 Å². The molecule has 3 atom stereocenters. The second-order valence-electron chi connectivity index (χ2n) is 7.06.